The Morgan fingerprint density at radius 1 is 0.364 bits per heavy atom. The minimum atomic E-state index is 0.859. The summed E-state index contributed by atoms with van der Waals surface area (Å²) < 4.78 is 14.4. The predicted molar refractivity (Wildman–Crippen MR) is 279 cm³/mol. The van der Waals surface area contributed by atoms with Crippen LogP contribution in [0, 0.1) is 0 Å². The van der Waals surface area contributed by atoms with E-state index in [0.29, 0.717) is 0 Å². The molecule has 0 spiro atoms. The number of nitrogens with zero attached hydrogens (tertiary/aromatic N) is 3. The van der Waals surface area contributed by atoms with E-state index in [1.807, 2.05) is 11.3 Å². The zero-order valence-electron chi connectivity index (χ0n) is 35.4. The molecule has 0 atom stereocenters. The SMILES string of the molecule is c1ccc(-n2c3ccccc3c3cc(-c4ccc5c(c4)c4ccccc4n5-c4cc5c(-c6ccc7sc8ccccc8c7c6)nc6ccccc6c5c5c4oc4ccccc45)ccc32)cc1. The average Bonchev–Trinajstić information content (AvgIpc) is 4.13. The van der Waals surface area contributed by atoms with Crippen molar-refractivity contribution in [2.75, 3.05) is 0 Å². The van der Waals surface area contributed by atoms with E-state index in [0.717, 1.165) is 77.3 Å². The molecule has 4 nitrogen and oxygen atoms in total. The molecule has 306 valence electrons. The number of thiophene rings is 1. The van der Waals surface area contributed by atoms with Gasteiger partial charge < -0.3 is 13.6 Å². The van der Waals surface area contributed by atoms with Gasteiger partial charge in [0.1, 0.15) is 5.58 Å². The molecule has 0 aliphatic rings. The molecule has 5 aromatic heterocycles. The Morgan fingerprint density at radius 2 is 0.924 bits per heavy atom. The van der Waals surface area contributed by atoms with Crippen molar-refractivity contribution in [3.05, 3.63) is 212 Å². The maximum Gasteiger partial charge on any atom is 0.160 e. The molecule has 5 heteroatoms. The van der Waals surface area contributed by atoms with Gasteiger partial charge in [-0.05, 0) is 96.1 Å². The van der Waals surface area contributed by atoms with Crippen LogP contribution in [0.15, 0.2) is 217 Å². The highest BCUT2D eigenvalue weighted by molar-refractivity contribution is 7.25. The maximum atomic E-state index is 7.06. The normalized spacial score (nSPS) is 12.2. The second-order valence-electron chi connectivity index (χ2n) is 17.4. The van der Waals surface area contributed by atoms with Crippen LogP contribution in [0.1, 0.15) is 0 Å². The van der Waals surface area contributed by atoms with Crippen LogP contribution in [0.3, 0.4) is 0 Å². The fourth-order valence-corrected chi connectivity index (χ4v) is 12.1. The van der Waals surface area contributed by atoms with Crippen molar-refractivity contribution in [2.45, 2.75) is 0 Å². The Morgan fingerprint density at radius 3 is 1.70 bits per heavy atom. The molecule has 15 aromatic rings. The molecular weight excluding hydrogens is 823 g/mol. The molecule has 0 unspecified atom stereocenters. The summed E-state index contributed by atoms with van der Waals surface area (Å²) in [5, 5.41) is 12.9. The van der Waals surface area contributed by atoms with E-state index < -0.39 is 0 Å². The lowest BCUT2D eigenvalue weighted by molar-refractivity contribution is 0.666. The maximum absolute atomic E-state index is 7.06. The molecule has 0 radical (unpaired) electrons. The molecule has 0 aliphatic heterocycles. The molecule has 0 aliphatic carbocycles. The van der Waals surface area contributed by atoms with Crippen LogP contribution in [0.25, 0.3) is 141 Å². The first-order valence-corrected chi connectivity index (χ1v) is 23.3. The van der Waals surface area contributed by atoms with Gasteiger partial charge in [0.05, 0.1) is 39.0 Å². The Labute approximate surface area is 381 Å². The van der Waals surface area contributed by atoms with Crippen molar-refractivity contribution in [2.24, 2.45) is 0 Å². The number of pyridine rings is 1. The molecule has 5 heterocycles. The van der Waals surface area contributed by atoms with Crippen LogP contribution >= 0.6 is 11.3 Å². The largest absolute Gasteiger partial charge is 0.454 e. The number of hydrogen-bond acceptors (Lipinski definition) is 3. The van der Waals surface area contributed by atoms with Crippen molar-refractivity contribution in [1.82, 2.24) is 14.1 Å². The van der Waals surface area contributed by atoms with Gasteiger partial charge in [0.2, 0.25) is 0 Å². The fourth-order valence-electron chi connectivity index (χ4n) is 11.0. The number of furan rings is 1. The number of benzene rings is 10. The topological polar surface area (TPSA) is 35.9 Å². The molecular formula is C61H35N3OS. The molecule has 0 amide bonds. The molecule has 10 aromatic carbocycles. The van der Waals surface area contributed by atoms with Crippen LogP contribution in [0.5, 0.6) is 0 Å². The smallest absolute Gasteiger partial charge is 0.160 e. The Kier molecular flexibility index (Phi) is 7.34. The Balaban J connectivity index is 1.01. The van der Waals surface area contributed by atoms with Crippen molar-refractivity contribution < 1.29 is 4.42 Å². The Hall–Kier alpha value is -8.51. The van der Waals surface area contributed by atoms with E-state index in [1.54, 1.807) is 0 Å². The summed E-state index contributed by atoms with van der Waals surface area (Å²) in [6.45, 7) is 0. The summed E-state index contributed by atoms with van der Waals surface area (Å²) >= 11 is 1.84. The first-order chi connectivity index (χ1) is 32.7. The van der Waals surface area contributed by atoms with E-state index in [9.17, 15) is 0 Å². The molecule has 0 N–H and O–H groups in total. The van der Waals surface area contributed by atoms with Gasteiger partial charge in [0.15, 0.2) is 5.58 Å². The first-order valence-electron chi connectivity index (χ1n) is 22.4. The van der Waals surface area contributed by atoms with Crippen LogP contribution in [-0.4, -0.2) is 14.1 Å². The summed E-state index contributed by atoms with van der Waals surface area (Å²) in [5.74, 6) is 0. The number of fused-ring (bicyclic) bond motifs is 16. The lowest BCUT2D eigenvalue weighted by Crippen LogP contribution is -1.97. The number of hydrogen-bond donors (Lipinski definition) is 0. The lowest BCUT2D eigenvalue weighted by atomic mass is 9.94. The van der Waals surface area contributed by atoms with Crippen LogP contribution in [0.4, 0.5) is 0 Å². The average molecular weight is 858 g/mol. The third kappa shape index (κ3) is 5.00. The third-order valence-corrected chi connectivity index (χ3v) is 15.0. The van der Waals surface area contributed by atoms with Gasteiger partial charge in [-0.2, -0.15) is 0 Å². The monoisotopic (exact) mass is 857 g/mol. The van der Waals surface area contributed by atoms with Crippen LogP contribution in [0.2, 0.25) is 0 Å². The minimum Gasteiger partial charge on any atom is -0.454 e. The van der Waals surface area contributed by atoms with Gasteiger partial charge in [-0.1, -0.05) is 127 Å². The van der Waals surface area contributed by atoms with Crippen molar-refractivity contribution in [3.63, 3.8) is 0 Å². The standard InChI is InChI=1S/C61H35N3OS/c1-2-14-39(15-3-1)63-50-22-10-5-16-40(50)45-32-36(26-29-52(45)63)37-27-30-53-46(33-37)41-17-6-11-23-51(41)64(53)54-35-48-58(59-44-20-7-12-24-55(44)65-61(54)59)43-19-4-9-21-49(43)62-60(48)38-28-31-57-47(34-38)42-18-8-13-25-56(42)66-57/h1-35H. The second-order valence-corrected chi connectivity index (χ2v) is 18.5. The van der Waals surface area contributed by atoms with Gasteiger partial charge in [-0.15, -0.1) is 11.3 Å². The molecule has 0 fully saturated rings. The van der Waals surface area contributed by atoms with Crippen LogP contribution < -0.4 is 0 Å². The van der Waals surface area contributed by atoms with Crippen molar-refractivity contribution in [3.8, 4) is 33.8 Å². The quantitative estimate of drug-likeness (QED) is 0.165. The highest BCUT2D eigenvalue weighted by Gasteiger charge is 2.24. The number of rotatable bonds is 4. The first kappa shape index (κ1) is 35.9. The summed E-state index contributed by atoms with van der Waals surface area (Å²) in [7, 11) is 0. The van der Waals surface area contributed by atoms with Crippen molar-refractivity contribution in [1.29, 1.82) is 0 Å². The highest BCUT2D eigenvalue weighted by Crippen LogP contribution is 2.47. The lowest BCUT2D eigenvalue weighted by Gasteiger charge is -2.15. The van der Waals surface area contributed by atoms with Gasteiger partial charge in [-0.3, -0.25) is 0 Å². The number of aromatic nitrogens is 3. The third-order valence-electron chi connectivity index (χ3n) is 13.9. The van der Waals surface area contributed by atoms with Gasteiger partial charge in [-0.25, -0.2) is 4.98 Å². The van der Waals surface area contributed by atoms with E-state index in [-0.39, 0.29) is 0 Å². The van der Waals surface area contributed by atoms with Gasteiger partial charge in [0, 0.05) is 79.9 Å². The molecule has 0 saturated carbocycles. The number of para-hydroxylation sites is 5. The summed E-state index contributed by atoms with van der Waals surface area (Å²) in [4.78, 5) is 5.53. The second kappa shape index (κ2) is 13.5. The summed E-state index contributed by atoms with van der Waals surface area (Å²) in [6.07, 6.45) is 0. The van der Waals surface area contributed by atoms with Crippen LogP contribution in [-0.2, 0) is 0 Å². The van der Waals surface area contributed by atoms with Crippen molar-refractivity contribution >= 4 is 119 Å². The highest BCUT2D eigenvalue weighted by atomic mass is 32.1. The molecule has 0 saturated heterocycles. The zero-order chi connectivity index (χ0) is 43.0. The van der Waals surface area contributed by atoms with E-state index >= 15 is 0 Å². The summed E-state index contributed by atoms with van der Waals surface area (Å²) in [6, 6.07) is 77.1. The van der Waals surface area contributed by atoms with E-state index in [1.165, 1.54) is 63.9 Å². The van der Waals surface area contributed by atoms with E-state index in [4.69, 9.17) is 9.40 Å². The van der Waals surface area contributed by atoms with Gasteiger partial charge >= 0.3 is 0 Å². The van der Waals surface area contributed by atoms with Gasteiger partial charge in [0.25, 0.3) is 0 Å². The minimum absolute atomic E-state index is 0.859. The molecule has 66 heavy (non-hydrogen) atoms. The van der Waals surface area contributed by atoms with E-state index in [2.05, 4.69) is 221 Å². The fraction of sp³-hybridized carbons (Fsp3) is 0. The summed E-state index contributed by atoms with van der Waals surface area (Å²) in [5.41, 5.74) is 13.9. The Bertz CT molecular complexity index is 4530. The zero-order valence-corrected chi connectivity index (χ0v) is 36.2. The molecule has 15 rings (SSSR count). The molecule has 0 bridgehead atoms. The predicted octanol–water partition coefficient (Wildman–Crippen LogP) is 17.2.